The molecule has 1 unspecified atom stereocenters. The van der Waals surface area contributed by atoms with E-state index < -0.39 is 0 Å². The molecule has 0 spiro atoms. The minimum Gasteiger partial charge on any atom is -0.497 e. The smallest absolute Gasteiger partial charge is 0.118 e. The van der Waals surface area contributed by atoms with Crippen molar-refractivity contribution in [2.45, 2.75) is 26.2 Å². The second kappa shape index (κ2) is 7.28. The number of aryl methyl sites for hydroxylation is 2. The quantitative estimate of drug-likeness (QED) is 0.863. The van der Waals surface area contributed by atoms with Crippen molar-refractivity contribution < 1.29 is 4.74 Å². The second-order valence-electron chi connectivity index (χ2n) is 5.58. The monoisotopic (exact) mass is 283 g/mol. The summed E-state index contributed by atoms with van der Waals surface area (Å²) in [6.45, 7) is 5.36. The molecule has 0 aliphatic heterocycles. The van der Waals surface area contributed by atoms with Crippen molar-refractivity contribution in [2.75, 3.05) is 20.7 Å². The molecule has 2 rings (SSSR count). The Morgan fingerprint density at radius 2 is 1.76 bits per heavy atom. The molecular formula is C19H25NO. The lowest BCUT2D eigenvalue weighted by atomic mass is 9.85. The first-order chi connectivity index (χ1) is 10.2. The molecule has 2 aromatic rings. The van der Waals surface area contributed by atoms with Crippen LogP contribution in [0, 0.1) is 13.8 Å². The summed E-state index contributed by atoms with van der Waals surface area (Å²) in [5.74, 6) is 1.33. The second-order valence-corrected chi connectivity index (χ2v) is 5.58. The maximum Gasteiger partial charge on any atom is 0.118 e. The average Bonchev–Trinajstić information content (AvgIpc) is 2.51. The third kappa shape index (κ3) is 3.85. The Kier molecular flexibility index (Phi) is 5.40. The van der Waals surface area contributed by atoms with E-state index in [-0.39, 0.29) is 0 Å². The van der Waals surface area contributed by atoms with Crippen molar-refractivity contribution in [3.63, 3.8) is 0 Å². The van der Waals surface area contributed by atoms with Gasteiger partial charge in [-0.15, -0.1) is 0 Å². The van der Waals surface area contributed by atoms with Gasteiger partial charge in [0.2, 0.25) is 0 Å². The van der Waals surface area contributed by atoms with Crippen LogP contribution in [-0.2, 0) is 0 Å². The number of nitrogens with one attached hydrogen (secondary N) is 1. The Hall–Kier alpha value is -1.80. The number of ether oxygens (including phenoxy) is 1. The first kappa shape index (κ1) is 15.6. The normalized spacial score (nSPS) is 12.2. The van der Waals surface area contributed by atoms with Crippen LogP contribution >= 0.6 is 0 Å². The fourth-order valence-electron chi connectivity index (χ4n) is 2.76. The summed E-state index contributed by atoms with van der Waals surface area (Å²) in [5, 5.41) is 3.27. The van der Waals surface area contributed by atoms with Crippen molar-refractivity contribution in [3.8, 4) is 5.75 Å². The summed E-state index contributed by atoms with van der Waals surface area (Å²) in [6, 6.07) is 15.2. The van der Waals surface area contributed by atoms with Crippen LogP contribution in [0.5, 0.6) is 5.75 Å². The summed E-state index contributed by atoms with van der Waals surface area (Å²) in [6.07, 6.45) is 1.09. The predicted molar refractivity (Wildman–Crippen MR) is 89.3 cm³/mol. The standard InChI is InChI=1S/C19H25NO/c1-14-5-6-15(2)19(13-14)18(11-12-20-3)16-7-9-17(21-4)10-8-16/h5-10,13,18,20H,11-12H2,1-4H3. The number of hydrogen-bond acceptors (Lipinski definition) is 2. The molecule has 2 aromatic carbocycles. The highest BCUT2D eigenvalue weighted by atomic mass is 16.5. The van der Waals surface area contributed by atoms with E-state index in [0.717, 1.165) is 18.7 Å². The Labute approximate surface area is 128 Å². The van der Waals surface area contributed by atoms with Crippen LogP contribution in [-0.4, -0.2) is 20.7 Å². The van der Waals surface area contributed by atoms with Gasteiger partial charge in [0.15, 0.2) is 0 Å². The third-order valence-electron chi connectivity index (χ3n) is 4.01. The molecule has 21 heavy (non-hydrogen) atoms. The van der Waals surface area contributed by atoms with Crippen molar-refractivity contribution in [1.82, 2.24) is 5.32 Å². The van der Waals surface area contributed by atoms with E-state index in [2.05, 4.69) is 49.5 Å². The zero-order valence-corrected chi connectivity index (χ0v) is 13.4. The van der Waals surface area contributed by atoms with Gasteiger partial charge in [-0.1, -0.05) is 35.9 Å². The molecule has 0 bridgehead atoms. The van der Waals surface area contributed by atoms with E-state index in [4.69, 9.17) is 4.74 Å². The van der Waals surface area contributed by atoms with Crippen LogP contribution in [0.3, 0.4) is 0 Å². The molecule has 0 aliphatic carbocycles. The maximum atomic E-state index is 5.27. The highest BCUT2D eigenvalue weighted by Gasteiger charge is 2.16. The molecule has 0 fully saturated rings. The lowest BCUT2D eigenvalue weighted by Gasteiger charge is -2.21. The summed E-state index contributed by atoms with van der Waals surface area (Å²) in [7, 11) is 3.71. The molecule has 2 nitrogen and oxygen atoms in total. The minimum atomic E-state index is 0.420. The van der Waals surface area contributed by atoms with Crippen LogP contribution in [0.15, 0.2) is 42.5 Å². The van der Waals surface area contributed by atoms with E-state index >= 15 is 0 Å². The first-order valence-corrected chi connectivity index (χ1v) is 7.51. The molecule has 0 radical (unpaired) electrons. The highest BCUT2D eigenvalue weighted by Crippen LogP contribution is 2.31. The molecule has 0 amide bonds. The van der Waals surface area contributed by atoms with Gasteiger partial charge in [0, 0.05) is 5.92 Å². The van der Waals surface area contributed by atoms with Crippen molar-refractivity contribution >= 4 is 0 Å². The van der Waals surface area contributed by atoms with E-state index in [1.54, 1.807) is 7.11 Å². The summed E-state index contributed by atoms with van der Waals surface area (Å²) >= 11 is 0. The Balaban J connectivity index is 2.38. The van der Waals surface area contributed by atoms with Gasteiger partial charge in [-0.05, 0) is 62.7 Å². The van der Waals surface area contributed by atoms with Crippen molar-refractivity contribution in [3.05, 3.63) is 64.7 Å². The Bertz CT molecular complexity index is 575. The number of benzene rings is 2. The fraction of sp³-hybridized carbons (Fsp3) is 0.368. The highest BCUT2D eigenvalue weighted by molar-refractivity contribution is 5.41. The molecule has 0 aliphatic rings. The molecule has 0 aromatic heterocycles. The largest absolute Gasteiger partial charge is 0.497 e. The Morgan fingerprint density at radius 3 is 2.38 bits per heavy atom. The van der Waals surface area contributed by atoms with E-state index in [0.29, 0.717) is 5.92 Å². The lowest BCUT2D eigenvalue weighted by molar-refractivity contribution is 0.414. The van der Waals surface area contributed by atoms with Gasteiger partial charge >= 0.3 is 0 Å². The van der Waals surface area contributed by atoms with Crippen molar-refractivity contribution in [2.24, 2.45) is 0 Å². The zero-order valence-electron chi connectivity index (χ0n) is 13.4. The van der Waals surface area contributed by atoms with Gasteiger partial charge in [-0.2, -0.15) is 0 Å². The van der Waals surface area contributed by atoms with E-state index in [9.17, 15) is 0 Å². The van der Waals surface area contributed by atoms with Crippen molar-refractivity contribution in [1.29, 1.82) is 0 Å². The molecule has 0 saturated heterocycles. The Morgan fingerprint density at radius 1 is 1.05 bits per heavy atom. The average molecular weight is 283 g/mol. The van der Waals surface area contributed by atoms with Crippen LogP contribution in [0.2, 0.25) is 0 Å². The molecular weight excluding hydrogens is 258 g/mol. The predicted octanol–water partition coefficient (Wildman–Crippen LogP) is 4.05. The first-order valence-electron chi connectivity index (χ1n) is 7.51. The minimum absolute atomic E-state index is 0.420. The topological polar surface area (TPSA) is 21.3 Å². The van der Waals surface area contributed by atoms with Gasteiger partial charge in [0.1, 0.15) is 5.75 Å². The molecule has 1 N–H and O–H groups in total. The van der Waals surface area contributed by atoms with Gasteiger partial charge in [0.25, 0.3) is 0 Å². The lowest BCUT2D eigenvalue weighted by Crippen LogP contribution is -2.14. The molecule has 0 saturated carbocycles. The van der Waals surface area contributed by atoms with Crippen LogP contribution < -0.4 is 10.1 Å². The number of rotatable bonds is 6. The molecule has 2 heteroatoms. The van der Waals surface area contributed by atoms with E-state index in [1.807, 2.05) is 19.2 Å². The number of hydrogen-bond donors (Lipinski definition) is 1. The summed E-state index contributed by atoms with van der Waals surface area (Å²) in [4.78, 5) is 0. The van der Waals surface area contributed by atoms with Crippen LogP contribution in [0.4, 0.5) is 0 Å². The van der Waals surface area contributed by atoms with Gasteiger partial charge in [0.05, 0.1) is 7.11 Å². The van der Waals surface area contributed by atoms with E-state index in [1.165, 1.54) is 22.3 Å². The zero-order chi connectivity index (χ0) is 15.2. The van der Waals surface area contributed by atoms with Gasteiger partial charge in [-0.3, -0.25) is 0 Å². The molecule has 0 heterocycles. The summed E-state index contributed by atoms with van der Waals surface area (Å²) in [5.41, 5.74) is 5.45. The third-order valence-corrected chi connectivity index (χ3v) is 4.01. The molecule has 1 atom stereocenters. The van der Waals surface area contributed by atoms with Gasteiger partial charge in [-0.25, -0.2) is 0 Å². The van der Waals surface area contributed by atoms with Gasteiger partial charge < -0.3 is 10.1 Å². The number of methoxy groups -OCH3 is 1. The van der Waals surface area contributed by atoms with Crippen LogP contribution in [0.25, 0.3) is 0 Å². The SMILES string of the molecule is CNCCC(c1ccc(OC)cc1)c1cc(C)ccc1C. The fourth-order valence-corrected chi connectivity index (χ4v) is 2.76. The maximum absolute atomic E-state index is 5.27. The van der Waals surface area contributed by atoms with Crippen LogP contribution in [0.1, 0.15) is 34.6 Å². The molecule has 112 valence electrons. The summed E-state index contributed by atoms with van der Waals surface area (Å²) < 4.78 is 5.27.